The zero-order chi connectivity index (χ0) is 12.4. The molecule has 1 aliphatic carbocycles. The average molecular weight is 233 g/mol. The predicted octanol–water partition coefficient (Wildman–Crippen LogP) is 0.762. The molecular weight excluding hydrogens is 222 g/mol. The molecule has 1 aliphatic rings. The molecule has 1 atom stereocenters. The molecule has 88 valence electrons. The molecule has 0 spiro atoms. The SMILES string of the molecule is COc1nc2c(c(OC)n1)C(=O)C(C#N)CC2. The van der Waals surface area contributed by atoms with Crippen LogP contribution in [0.2, 0.25) is 0 Å². The molecule has 1 unspecified atom stereocenters. The van der Waals surface area contributed by atoms with Gasteiger partial charge in [0.2, 0.25) is 5.88 Å². The minimum absolute atomic E-state index is 0.170. The molecule has 0 radical (unpaired) electrons. The van der Waals surface area contributed by atoms with Crippen molar-refractivity contribution in [3.05, 3.63) is 11.3 Å². The summed E-state index contributed by atoms with van der Waals surface area (Å²) in [5.74, 6) is -0.724. The van der Waals surface area contributed by atoms with E-state index in [2.05, 4.69) is 9.97 Å². The molecule has 1 heterocycles. The van der Waals surface area contributed by atoms with Gasteiger partial charge in [-0.3, -0.25) is 4.79 Å². The minimum atomic E-state index is -0.631. The Morgan fingerprint density at radius 1 is 1.35 bits per heavy atom. The van der Waals surface area contributed by atoms with Crippen LogP contribution in [0.15, 0.2) is 0 Å². The second-order valence-electron chi connectivity index (χ2n) is 3.63. The normalized spacial score (nSPS) is 18.2. The summed E-state index contributed by atoms with van der Waals surface area (Å²) in [6.07, 6.45) is 1.03. The van der Waals surface area contributed by atoms with Crippen molar-refractivity contribution in [1.82, 2.24) is 9.97 Å². The summed E-state index contributed by atoms with van der Waals surface area (Å²) in [4.78, 5) is 20.1. The van der Waals surface area contributed by atoms with Crippen LogP contribution >= 0.6 is 0 Å². The van der Waals surface area contributed by atoms with Gasteiger partial charge in [0.1, 0.15) is 11.5 Å². The van der Waals surface area contributed by atoms with Crippen molar-refractivity contribution in [2.75, 3.05) is 14.2 Å². The Morgan fingerprint density at radius 3 is 2.71 bits per heavy atom. The number of nitrogens with zero attached hydrogens (tertiary/aromatic N) is 3. The molecule has 6 heteroatoms. The first-order valence-corrected chi connectivity index (χ1v) is 5.14. The number of aromatic nitrogens is 2. The second-order valence-corrected chi connectivity index (χ2v) is 3.63. The molecule has 1 aromatic rings. The van der Waals surface area contributed by atoms with Gasteiger partial charge in [0.15, 0.2) is 5.78 Å². The maximum Gasteiger partial charge on any atom is 0.319 e. The van der Waals surface area contributed by atoms with Crippen LogP contribution in [0.4, 0.5) is 0 Å². The lowest BCUT2D eigenvalue weighted by Gasteiger charge is -2.19. The van der Waals surface area contributed by atoms with E-state index in [1.165, 1.54) is 14.2 Å². The van der Waals surface area contributed by atoms with Crippen LogP contribution in [0.1, 0.15) is 22.5 Å². The lowest BCUT2D eigenvalue weighted by atomic mass is 9.87. The molecule has 17 heavy (non-hydrogen) atoms. The fraction of sp³-hybridized carbons (Fsp3) is 0.455. The number of rotatable bonds is 2. The Morgan fingerprint density at radius 2 is 2.12 bits per heavy atom. The Hall–Kier alpha value is -2.16. The number of ether oxygens (including phenoxy) is 2. The van der Waals surface area contributed by atoms with Crippen molar-refractivity contribution < 1.29 is 14.3 Å². The molecule has 0 amide bonds. The average Bonchev–Trinajstić information content (AvgIpc) is 2.37. The largest absolute Gasteiger partial charge is 0.480 e. The lowest BCUT2D eigenvalue weighted by molar-refractivity contribution is 0.0928. The van der Waals surface area contributed by atoms with Gasteiger partial charge in [-0.25, -0.2) is 0 Å². The number of fused-ring (bicyclic) bond motifs is 1. The van der Waals surface area contributed by atoms with E-state index in [0.29, 0.717) is 24.1 Å². The van der Waals surface area contributed by atoms with Crippen molar-refractivity contribution in [1.29, 1.82) is 5.26 Å². The smallest absolute Gasteiger partial charge is 0.319 e. The summed E-state index contributed by atoms with van der Waals surface area (Å²) < 4.78 is 9.99. The van der Waals surface area contributed by atoms with E-state index in [0.717, 1.165) is 0 Å². The van der Waals surface area contributed by atoms with Crippen LogP contribution in [0.5, 0.6) is 11.9 Å². The predicted molar refractivity (Wildman–Crippen MR) is 56.9 cm³/mol. The standard InChI is InChI=1S/C11H11N3O3/c1-16-10-8-7(13-11(14-10)17-2)4-3-6(5-12)9(8)15/h6H,3-4H2,1-2H3. The van der Waals surface area contributed by atoms with Crippen molar-refractivity contribution in [3.63, 3.8) is 0 Å². The van der Waals surface area contributed by atoms with Gasteiger partial charge in [-0.05, 0) is 12.8 Å². The molecule has 0 saturated carbocycles. The third kappa shape index (κ3) is 1.80. The fourth-order valence-electron chi connectivity index (χ4n) is 1.84. The van der Waals surface area contributed by atoms with Crippen LogP contribution in [0.25, 0.3) is 0 Å². The van der Waals surface area contributed by atoms with E-state index in [4.69, 9.17) is 14.7 Å². The zero-order valence-corrected chi connectivity index (χ0v) is 9.56. The van der Waals surface area contributed by atoms with Crippen LogP contribution in [0, 0.1) is 17.2 Å². The molecule has 0 aromatic carbocycles. The van der Waals surface area contributed by atoms with Gasteiger partial charge in [-0.1, -0.05) is 0 Å². The number of aryl methyl sites for hydroxylation is 1. The van der Waals surface area contributed by atoms with Gasteiger partial charge < -0.3 is 9.47 Å². The van der Waals surface area contributed by atoms with E-state index < -0.39 is 5.92 Å². The first-order valence-electron chi connectivity index (χ1n) is 5.14. The number of hydrogen-bond donors (Lipinski definition) is 0. The molecule has 0 fully saturated rings. The van der Waals surface area contributed by atoms with Gasteiger partial charge in [0.25, 0.3) is 0 Å². The third-order valence-corrected chi connectivity index (χ3v) is 2.69. The van der Waals surface area contributed by atoms with Crippen LogP contribution in [-0.2, 0) is 6.42 Å². The topological polar surface area (TPSA) is 85.1 Å². The Balaban J connectivity index is 2.56. The molecule has 0 N–H and O–H groups in total. The maximum absolute atomic E-state index is 12.0. The lowest BCUT2D eigenvalue weighted by Crippen LogP contribution is -2.24. The summed E-state index contributed by atoms with van der Waals surface area (Å²) in [6, 6.07) is 2.15. The van der Waals surface area contributed by atoms with E-state index in [9.17, 15) is 4.79 Å². The van der Waals surface area contributed by atoms with E-state index >= 15 is 0 Å². The van der Waals surface area contributed by atoms with E-state index in [1.54, 1.807) is 0 Å². The second kappa shape index (κ2) is 4.37. The summed E-state index contributed by atoms with van der Waals surface area (Å²) in [5.41, 5.74) is 0.899. The summed E-state index contributed by atoms with van der Waals surface area (Å²) >= 11 is 0. The van der Waals surface area contributed by atoms with Gasteiger partial charge >= 0.3 is 6.01 Å². The number of carbonyl (C=O) groups is 1. The first-order chi connectivity index (χ1) is 8.21. The Labute approximate surface area is 98.2 Å². The van der Waals surface area contributed by atoms with Crippen LogP contribution < -0.4 is 9.47 Å². The van der Waals surface area contributed by atoms with Gasteiger partial charge in [-0.2, -0.15) is 15.2 Å². The summed E-state index contributed by atoms with van der Waals surface area (Å²) in [6.45, 7) is 0. The number of ketones is 1. The maximum atomic E-state index is 12.0. The molecular formula is C11H11N3O3. The number of Topliss-reactive ketones (excluding diaryl/α,β-unsaturated/α-hetero) is 1. The number of nitriles is 1. The molecule has 0 bridgehead atoms. The van der Waals surface area contributed by atoms with Crippen LogP contribution in [-0.4, -0.2) is 30.0 Å². The molecule has 2 rings (SSSR count). The van der Waals surface area contributed by atoms with Crippen molar-refractivity contribution in [3.8, 4) is 18.0 Å². The van der Waals surface area contributed by atoms with Crippen molar-refractivity contribution in [2.45, 2.75) is 12.8 Å². The van der Waals surface area contributed by atoms with Crippen LogP contribution in [0.3, 0.4) is 0 Å². The first kappa shape index (κ1) is 11.3. The van der Waals surface area contributed by atoms with Gasteiger partial charge in [0, 0.05) is 0 Å². The highest BCUT2D eigenvalue weighted by molar-refractivity contribution is 6.03. The van der Waals surface area contributed by atoms with Gasteiger partial charge in [0.05, 0.1) is 26.0 Å². The summed E-state index contributed by atoms with van der Waals surface area (Å²) in [7, 11) is 2.87. The highest BCUT2D eigenvalue weighted by Gasteiger charge is 2.32. The monoisotopic (exact) mass is 233 g/mol. The minimum Gasteiger partial charge on any atom is -0.480 e. The molecule has 1 aromatic heterocycles. The van der Waals surface area contributed by atoms with Gasteiger partial charge in [-0.15, -0.1) is 0 Å². The zero-order valence-electron chi connectivity index (χ0n) is 9.56. The molecule has 0 saturated heterocycles. The number of carbonyl (C=O) groups excluding carboxylic acids is 1. The fourth-order valence-corrected chi connectivity index (χ4v) is 1.84. The Bertz CT molecular complexity index is 490. The highest BCUT2D eigenvalue weighted by atomic mass is 16.5. The quantitative estimate of drug-likeness (QED) is 0.749. The van der Waals surface area contributed by atoms with E-state index in [1.807, 2.05) is 6.07 Å². The number of methoxy groups -OCH3 is 2. The molecule has 6 nitrogen and oxygen atoms in total. The van der Waals surface area contributed by atoms with E-state index in [-0.39, 0.29) is 17.7 Å². The Kier molecular flexibility index (Phi) is 2.91. The molecule has 0 aliphatic heterocycles. The summed E-state index contributed by atoms with van der Waals surface area (Å²) in [5, 5.41) is 8.87. The van der Waals surface area contributed by atoms with Crippen molar-refractivity contribution in [2.24, 2.45) is 5.92 Å². The van der Waals surface area contributed by atoms with Crippen molar-refractivity contribution >= 4 is 5.78 Å². The number of hydrogen-bond acceptors (Lipinski definition) is 6. The highest BCUT2D eigenvalue weighted by Crippen LogP contribution is 2.31. The third-order valence-electron chi connectivity index (χ3n) is 2.69.